The van der Waals surface area contributed by atoms with Crippen LogP contribution in [0.15, 0.2) is 0 Å². The van der Waals surface area contributed by atoms with E-state index in [-0.39, 0.29) is 38.7 Å². The van der Waals surface area contributed by atoms with Crippen LogP contribution >= 0.6 is 0 Å². The van der Waals surface area contributed by atoms with Gasteiger partial charge < -0.3 is 27.2 Å². The van der Waals surface area contributed by atoms with Crippen molar-refractivity contribution in [2.45, 2.75) is 91.8 Å². The quantitative estimate of drug-likeness (QED) is 0.364. The zero-order valence-corrected chi connectivity index (χ0v) is 16.9. The molecule has 2 radical (unpaired) electrons. The molecule has 0 spiro atoms. The Balaban J connectivity index is -0.0000000637. The Morgan fingerprint density at radius 1 is 0.850 bits per heavy atom. The van der Waals surface area contributed by atoms with Gasteiger partial charge in [0, 0.05) is 6.42 Å². The van der Waals surface area contributed by atoms with Gasteiger partial charge in [0.1, 0.15) is 0 Å². The van der Waals surface area contributed by atoms with Gasteiger partial charge in [0.05, 0.1) is 0 Å². The van der Waals surface area contributed by atoms with Gasteiger partial charge in [-0.1, -0.05) is 72.6 Å². The van der Waals surface area contributed by atoms with Crippen LogP contribution in [-0.4, -0.2) is 12.2 Å². The minimum absolute atomic E-state index is 0. The normalized spacial score (nSPS) is 8.20. The molecule has 0 aliphatic rings. The SMILES string of the molecule is CC(C)[O-].CC(C)[O-].[Br-].[C]#CCCCCCCCC.[Ti+3]. The van der Waals surface area contributed by atoms with Gasteiger partial charge in [-0.2, -0.15) is 0 Å². The van der Waals surface area contributed by atoms with Crippen molar-refractivity contribution in [2.75, 3.05) is 0 Å². The van der Waals surface area contributed by atoms with Gasteiger partial charge in [-0.15, -0.1) is 12.2 Å². The average molecular weight is 383 g/mol. The van der Waals surface area contributed by atoms with E-state index in [1.54, 1.807) is 27.7 Å². The van der Waals surface area contributed by atoms with E-state index in [2.05, 4.69) is 12.8 Å². The molecule has 2 nitrogen and oxygen atoms in total. The third-order valence-electron chi connectivity index (χ3n) is 1.66. The Kier molecular flexibility index (Phi) is 51.9. The van der Waals surface area contributed by atoms with E-state index < -0.39 is 12.2 Å². The van der Waals surface area contributed by atoms with E-state index in [4.69, 9.17) is 6.42 Å². The van der Waals surface area contributed by atoms with Gasteiger partial charge in [-0.05, 0) is 12.8 Å². The first-order chi connectivity index (χ1) is 8.38. The first-order valence-corrected chi connectivity index (χ1v) is 7.09. The van der Waals surface area contributed by atoms with E-state index in [0.717, 1.165) is 12.8 Å². The summed E-state index contributed by atoms with van der Waals surface area (Å²) in [6.07, 6.45) is 14.5. The molecule has 0 bridgehead atoms. The molecular weight excluding hydrogens is 352 g/mol. The van der Waals surface area contributed by atoms with Gasteiger partial charge in [0.25, 0.3) is 0 Å². The number of halogens is 1. The summed E-state index contributed by atoms with van der Waals surface area (Å²) in [5, 5.41) is 19.1. The van der Waals surface area contributed by atoms with Crippen LogP contribution < -0.4 is 27.2 Å². The van der Waals surface area contributed by atoms with E-state index in [0.29, 0.717) is 0 Å². The molecule has 0 aromatic rings. The summed E-state index contributed by atoms with van der Waals surface area (Å²) in [7, 11) is 0. The molecule has 0 atom stereocenters. The molecule has 0 amide bonds. The summed E-state index contributed by atoms with van der Waals surface area (Å²) in [6, 6.07) is 0. The third-order valence-corrected chi connectivity index (χ3v) is 1.66. The van der Waals surface area contributed by atoms with Crippen LogP contribution in [0.1, 0.15) is 79.6 Å². The molecule has 0 unspecified atom stereocenters. The van der Waals surface area contributed by atoms with Crippen LogP contribution in [0.25, 0.3) is 0 Å². The molecule has 0 aromatic carbocycles. The van der Waals surface area contributed by atoms with Crippen molar-refractivity contribution >= 4 is 0 Å². The molecule has 118 valence electrons. The average Bonchev–Trinajstić information content (AvgIpc) is 2.22. The first kappa shape index (κ1) is 32.6. The zero-order chi connectivity index (χ0) is 14.8. The van der Waals surface area contributed by atoms with E-state index in [9.17, 15) is 10.2 Å². The molecule has 0 saturated carbocycles. The Morgan fingerprint density at radius 3 is 1.45 bits per heavy atom. The third kappa shape index (κ3) is 99.0. The second-order valence-electron chi connectivity index (χ2n) is 4.79. The van der Waals surface area contributed by atoms with Gasteiger partial charge in [-0.3, -0.25) is 0 Å². The zero-order valence-electron chi connectivity index (χ0n) is 13.8. The van der Waals surface area contributed by atoms with Crippen LogP contribution in [0.3, 0.4) is 0 Å². The first-order valence-electron chi connectivity index (χ1n) is 7.09. The summed E-state index contributed by atoms with van der Waals surface area (Å²) in [4.78, 5) is 0. The molecule has 4 heteroatoms. The summed E-state index contributed by atoms with van der Waals surface area (Å²) in [5.41, 5.74) is 0. The molecule has 0 fully saturated rings. The summed E-state index contributed by atoms with van der Waals surface area (Å²) >= 11 is 0. The van der Waals surface area contributed by atoms with E-state index in [1.807, 2.05) is 0 Å². The van der Waals surface area contributed by atoms with Gasteiger partial charge in [0.2, 0.25) is 0 Å². The minimum atomic E-state index is -0.417. The fourth-order valence-corrected chi connectivity index (χ4v) is 0.994. The fraction of sp³-hybridized carbons (Fsp3) is 0.875. The standard InChI is InChI=1S/C10H17.2C3H7O.BrH.Ti/c1-3-5-7-9-10-8-6-4-2;2*1-3(2)4;;/h3,5-10H2,1H3;2*3H,1-2H3;1H;/q;2*-1;;+3/p-1. The van der Waals surface area contributed by atoms with Crippen molar-refractivity contribution in [1.82, 2.24) is 0 Å². The van der Waals surface area contributed by atoms with Gasteiger partial charge >= 0.3 is 21.7 Å². The maximum atomic E-state index is 9.53. The second kappa shape index (κ2) is 31.9. The van der Waals surface area contributed by atoms with Crippen LogP contribution in [0.4, 0.5) is 0 Å². The van der Waals surface area contributed by atoms with Crippen molar-refractivity contribution in [1.29, 1.82) is 0 Å². The number of rotatable bonds is 6. The van der Waals surface area contributed by atoms with E-state index in [1.165, 1.54) is 32.1 Å². The molecule has 0 N–H and O–H groups in total. The Hall–Kier alpha value is 0.674. The molecule has 0 saturated heterocycles. The van der Waals surface area contributed by atoms with E-state index >= 15 is 0 Å². The van der Waals surface area contributed by atoms with Gasteiger partial charge in [-0.25, -0.2) is 0 Å². The predicted molar refractivity (Wildman–Crippen MR) is 75.4 cm³/mol. The van der Waals surface area contributed by atoms with Crippen molar-refractivity contribution < 1.29 is 48.9 Å². The van der Waals surface area contributed by atoms with Crippen molar-refractivity contribution in [3.05, 3.63) is 6.42 Å². The minimum Gasteiger partial charge on any atom is -1.00 e. The number of hydrogen-bond donors (Lipinski definition) is 0. The van der Waals surface area contributed by atoms with Crippen LogP contribution in [0.5, 0.6) is 0 Å². The Morgan fingerprint density at radius 2 is 1.15 bits per heavy atom. The maximum Gasteiger partial charge on any atom is 3.00 e. The Bertz CT molecular complexity index is 157. The largest absolute Gasteiger partial charge is 3.00 e. The van der Waals surface area contributed by atoms with Crippen LogP contribution in [0, 0.1) is 12.3 Å². The summed E-state index contributed by atoms with van der Waals surface area (Å²) in [5.74, 6) is 2.41. The molecular formula is C16H31BrO2Ti. The smallest absolute Gasteiger partial charge is 1.00 e. The fourth-order valence-electron chi connectivity index (χ4n) is 0.994. The van der Waals surface area contributed by atoms with Gasteiger partial charge in [0.15, 0.2) is 0 Å². The molecule has 0 aromatic heterocycles. The molecule has 20 heavy (non-hydrogen) atoms. The van der Waals surface area contributed by atoms with Crippen LogP contribution in [-0.2, 0) is 21.7 Å². The number of unbranched alkanes of at least 4 members (excludes halogenated alkanes) is 6. The summed E-state index contributed by atoms with van der Waals surface area (Å²) in [6.45, 7) is 8.67. The monoisotopic (exact) mass is 382 g/mol. The molecule has 0 aliphatic heterocycles. The second-order valence-corrected chi connectivity index (χ2v) is 4.79. The van der Waals surface area contributed by atoms with Crippen molar-refractivity contribution in [3.8, 4) is 5.92 Å². The maximum absolute atomic E-state index is 9.53. The Labute approximate surface area is 152 Å². The van der Waals surface area contributed by atoms with Crippen molar-refractivity contribution in [3.63, 3.8) is 0 Å². The summed E-state index contributed by atoms with van der Waals surface area (Å²) < 4.78 is 0. The predicted octanol–water partition coefficient (Wildman–Crippen LogP) is -0.162. The van der Waals surface area contributed by atoms with Crippen LogP contribution in [0.2, 0.25) is 0 Å². The van der Waals surface area contributed by atoms with Crippen molar-refractivity contribution in [2.24, 2.45) is 0 Å². The topological polar surface area (TPSA) is 46.1 Å². The molecule has 0 aliphatic carbocycles. The molecule has 0 rings (SSSR count). The molecule has 0 heterocycles. The number of hydrogen-bond acceptors (Lipinski definition) is 2.